The summed E-state index contributed by atoms with van der Waals surface area (Å²) in [6.45, 7) is 0. The van der Waals surface area contributed by atoms with E-state index in [1.54, 1.807) is 12.3 Å². The number of fused-ring (bicyclic) bond motifs is 1. The van der Waals surface area contributed by atoms with Crippen LogP contribution in [0.5, 0.6) is 0 Å². The number of nitrogens with one attached hydrogen (secondary N) is 1. The van der Waals surface area contributed by atoms with Crippen molar-refractivity contribution in [1.82, 2.24) is 15.0 Å². The van der Waals surface area contributed by atoms with Gasteiger partial charge in [0.05, 0.1) is 0 Å². The maximum absolute atomic E-state index is 10.6. The van der Waals surface area contributed by atoms with E-state index < -0.39 is 12.1 Å². The van der Waals surface area contributed by atoms with Gasteiger partial charge in [0.2, 0.25) is 0 Å². The standard InChI is InChI=1S/C7H4N4.C2HF3O2/c8-2-6-1-5-3-9-4-10-7(5)11-6;3-2(4,5)1(6)7/h1,3-4H,(H,9,10,11);(H,6,7). The Hall–Kier alpha value is -2.63. The number of alkyl halides is 3. The summed E-state index contributed by atoms with van der Waals surface area (Å²) < 4.78 is 31.7. The fraction of sp³-hybridized carbons (Fsp3) is 0.111. The van der Waals surface area contributed by atoms with Gasteiger partial charge in [0.25, 0.3) is 0 Å². The van der Waals surface area contributed by atoms with Crippen LogP contribution in [0, 0.1) is 11.3 Å². The molecule has 2 heterocycles. The van der Waals surface area contributed by atoms with Crippen LogP contribution in [0.25, 0.3) is 11.0 Å². The van der Waals surface area contributed by atoms with Crippen molar-refractivity contribution in [3.8, 4) is 6.07 Å². The van der Waals surface area contributed by atoms with Gasteiger partial charge in [0, 0.05) is 11.6 Å². The van der Waals surface area contributed by atoms with Crippen molar-refractivity contribution in [2.45, 2.75) is 6.18 Å². The lowest BCUT2D eigenvalue weighted by atomic mass is 10.4. The number of carbonyl (C=O) groups is 1. The maximum atomic E-state index is 10.6. The highest BCUT2D eigenvalue weighted by atomic mass is 19.4. The summed E-state index contributed by atoms with van der Waals surface area (Å²) in [4.78, 5) is 19.5. The van der Waals surface area contributed by atoms with Crippen molar-refractivity contribution in [2.24, 2.45) is 0 Å². The van der Waals surface area contributed by atoms with Crippen LogP contribution in [0.3, 0.4) is 0 Å². The molecule has 0 atom stereocenters. The third-order valence-electron chi connectivity index (χ3n) is 1.66. The predicted octanol–water partition coefficient (Wildman–Crippen LogP) is 1.46. The molecule has 0 aromatic carbocycles. The van der Waals surface area contributed by atoms with Gasteiger partial charge in [-0.05, 0) is 6.07 Å². The molecule has 2 aromatic rings. The van der Waals surface area contributed by atoms with Crippen LogP contribution in [0.1, 0.15) is 5.69 Å². The number of aromatic amines is 1. The van der Waals surface area contributed by atoms with Crippen molar-refractivity contribution < 1.29 is 23.1 Å². The summed E-state index contributed by atoms with van der Waals surface area (Å²) in [7, 11) is 0. The zero-order valence-corrected chi connectivity index (χ0v) is 8.56. The fourth-order valence-corrected chi connectivity index (χ4v) is 0.930. The van der Waals surface area contributed by atoms with E-state index in [1.165, 1.54) is 6.33 Å². The summed E-state index contributed by atoms with van der Waals surface area (Å²) >= 11 is 0. The topological polar surface area (TPSA) is 103 Å². The van der Waals surface area contributed by atoms with Crippen LogP contribution < -0.4 is 0 Å². The van der Waals surface area contributed by atoms with E-state index in [9.17, 15) is 13.2 Å². The molecule has 0 amide bonds. The first-order valence-electron chi connectivity index (χ1n) is 4.33. The highest BCUT2D eigenvalue weighted by Crippen LogP contribution is 2.13. The van der Waals surface area contributed by atoms with Gasteiger partial charge in [-0.15, -0.1) is 0 Å². The molecule has 0 radical (unpaired) electrons. The Balaban J connectivity index is 0.000000203. The molecule has 0 aliphatic carbocycles. The number of aromatic nitrogens is 3. The Morgan fingerprint density at radius 3 is 2.56 bits per heavy atom. The molecule has 94 valence electrons. The molecule has 0 fully saturated rings. The molecular weight excluding hydrogens is 253 g/mol. The minimum atomic E-state index is -5.08. The molecule has 0 spiro atoms. The van der Waals surface area contributed by atoms with Gasteiger partial charge in [0.1, 0.15) is 23.7 Å². The monoisotopic (exact) mass is 258 g/mol. The minimum absolute atomic E-state index is 0.514. The van der Waals surface area contributed by atoms with Crippen molar-refractivity contribution >= 4 is 17.0 Å². The molecule has 0 saturated heterocycles. The number of carboxylic acid groups (broad SMARTS) is 1. The second-order valence-electron chi connectivity index (χ2n) is 2.92. The van der Waals surface area contributed by atoms with Crippen molar-refractivity contribution in [3.05, 3.63) is 24.3 Å². The minimum Gasteiger partial charge on any atom is -0.475 e. The van der Waals surface area contributed by atoms with E-state index >= 15 is 0 Å². The molecule has 9 heteroatoms. The van der Waals surface area contributed by atoms with Gasteiger partial charge in [-0.3, -0.25) is 0 Å². The number of halogens is 3. The summed E-state index contributed by atoms with van der Waals surface area (Å²) in [5, 5.41) is 16.5. The predicted molar refractivity (Wildman–Crippen MR) is 52.3 cm³/mol. The van der Waals surface area contributed by atoms with E-state index in [0.717, 1.165) is 5.39 Å². The van der Waals surface area contributed by atoms with Gasteiger partial charge >= 0.3 is 12.1 Å². The lowest BCUT2D eigenvalue weighted by Gasteiger charge is -1.93. The van der Waals surface area contributed by atoms with Crippen molar-refractivity contribution in [2.75, 3.05) is 0 Å². The van der Waals surface area contributed by atoms with Crippen molar-refractivity contribution in [1.29, 1.82) is 5.26 Å². The van der Waals surface area contributed by atoms with Gasteiger partial charge in [-0.1, -0.05) is 0 Å². The quantitative estimate of drug-likeness (QED) is 0.744. The zero-order valence-electron chi connectivity index (χ0n) is 8.56. The third kappa shape index (κ3) is 3.44. The first kappa shape index (κ1) is 13.4. The Bertz CT molecular complexity index is 567. The van der Waals surface area contributed by atoms with Crippen LogP contribution in [-0.4, -0.2) is 32.2 Å². The zero-order chi connectivity index (χ0) is 13.8. The number of carboxylic acids is 1. The highest BCUT2D eigenvalue weighted by Gasteiger charge is 2.38. The van der Waals surface area contributed by atoms with Gasteiger partial charge in [-0.25, -0.2) is 14.8 Å². The number of hydrogen-bond donors (Lipinski definition) is 2. The molecule has 0 bridgehead atoms. The Morgan fingerprint density at radius 2 is 2.11 bits per heavy atom. The van der Waals surface area contributed by atoms with E-state index in [4.69, 9.17) is 15.2 Å². The summed E-state index contributed by atoms with van der Waals surface area (Å²) in [5.74, 6) is -2.76. The van der Waals surface area contributed by atoms with Crippen LogP contribution in [0.2, 0.25) is 0 Å². The van der Waals surface area contributed by atoms with Crippen LogP contribution in [-0.2, 0) is 4.79 Å². The Morgan fingerprint density at radius 1 is 1.50 bits per heavy atom. The Kier molecular flexibility index (Phi) is 3.83. The molecule has 0 saturated carbocycles. The number of hydrogen-bond acceptors (Lipinski definition) is 4. The lowest BCUT2D eigenvalue weighted by Crippen LogP contribution is -2.21. The van der Waals surface area contributed by atoms with Crippen LogP contribution >= 0.6 is 0 Å². The number of nitrogens with zero attached hydrogens (tertiary/aromatic N) is 3. The first-order chi connectivity index (χ1) is 8.34. The van der Waals surface area contributed by atoms with Crippen LogP contribution in [0.15, 0.2) is 18.6 Å². The molecule has 2 N–H and O–H groups in total. The molecule has 0 aliphatic rings. The molecule has 0 unspecified atom stereocenters. The largest absolute Gasteiger partial charge is 0.490 e. The van der Waals surface area contributed by atoms with E-state index in [1.807, 2.05) is 6.07 Å². The summed E-state index contributed by atoms with van der Waals surface area (Å²) in [5.41, 5.74) is 1.22. The second-order valence-corrected chi connectivity index (χ2v) is 2.92. The van der Waals surface area contributed by atoms with Gasteiger partial charge < -0.3 is 10.1 Å². The molecule has 18 heavy (non-hydrogen) atoms. The fourth-order valence-electron chi connectivity index (χ4n) is 0.930. The van der Waals surface area contributed by atoms with E-state index in [0.29, 0.717) is 11.3 Å². The summed E-state index contributed by atoms with van der Waals surface area (Å²) in [6, 6.07) is 3.71. The smallest absolute Gasteiger partial charge is 0.475 e. The SMILES string of the molecule is N#Cc1cc2cncnc2[nH]1.O=C(O)C(F)(F)F. The highest BCUT2D eigenvalue weighted by molar-refractivity contribution is 5.76. The number of nitriles is 1. The normalized spacial score (nSPS) is 10.3. The first-order valence-corrected chi connectivity index (χ1v) is 4.33. The van der Waals surface area contributed by atoms with Crippen molar-refractivity contribution in [3.63, 3.8) is 0 Å². The molecule has 0 aliphatic heterocycles. The second kappa shape index (κ2) is 5.13. The van der Waals surface area contributed by atoms with Gasteiger partial charge in [0.15, 0.2) is 0 Å². The molecular formula is C9H5F3N4O2. The Labute approximate surface area is 97.7 Å². The lowest BCUT2D eigenvalue weighted by molar-refractivity contribution is -0.192. The molecule has 2 rings (SSSR count). The maximum Gasteiger partial charge on any atom is 0.490 e. The average Bonchev–Trinajstić information content (AvgIpc) is 2.71. The average molecular weight is 258 g/mol. The number of rotatable bonds is 0. The van der Waals surface area contributed by atoms with E-state index in [-0.39, 0.29) is 0 Å². The number of H-pyrrole nitrogens is 1. The number of aliphatic carboxylic acids is 1. The van der Waals surface area contributed by atoms with Gasteiger partial charge in [-0.2, -0.15) is 18.4 Å². The van der Waals surface area contributed by atoms with Crippen LogP contribution in [0.4, 0.5) is 13.2 Å². The van der Waals surface area contributed by atoms with E-state index in [2.05, 4.69) is 15.0 Å². The third-order valence-corrected chi connectivity index (χ3v) is 1.66. The summed E-state index contributed by atoms with van der Waals surface area (Å²) in [6.07, 6.45) is -1.97. The molecule has 2 aromatic heterocycles. The molecule has 6 nitrogen and oxygen atoms in total.